The molecule has 0 spiro atoms. The van der Waals surface area contributed by atoms with E-state index in [9.17, 15) is 14.7 Å². The Balaban J connectivity index is 2.35. The first-order valence-corrected chi connectivity index (χ1v) is 7.66. The van der Waals surface area contributed by atoms with Gasteiger partial charge in [-0.3, -0.25) is 9.59 Å². The summed E-state index contributed by atoms with van der Waals surface area (Å²) in [4.78, 5) is 27.2. The normalized spacial score (nSPS) is 23.6. The zero-order chi connectivity index (χ0) is 15.2. The maximum Gasteiger partial charge on any atom is 0.310 e. The highest BCUT2D eigenvalue weighted by Crippen LogP contribution is 2.29. The van der Waals surface area contributed by atoms with Crippen molar-refractivity contribution >= 4 is 11.9 Å². The first kappa shape index (κ1) is 17.0. The topological polar surface area (TPSA) is 60.9 Å². The van der Waals surface area contributed by atoms with E-state index in [0.29, 0.717) is 13.0 Å². The van der Waals surface area contributed by atoms with Crippen LogP contribution in [0.25, 0.3) is 0 Å². The lowest BCUT2D eigenvalue weighted by Gasteiger charge is -2.37. The quantitative estimate of drug-likeness (QED) is 0.774. The number of carboxylic acids is 1. The molecule has 20 heavy (non-hydrogen) atoms. The summed E-state index contributed by atoms with van der Waals surface area (Å²) in [6, 6.07) is 0. The maximum atomic E-state index is 11.9. The van der Waals surface area contributed by atoms with Gasteiger partial charge in [-0.25, -0.2) is 0 Å². The molecule has 0 saturated carbocycles. The van der Waals surface area contributed by atoms with Gasteiger partial charge >= 0.3 is 5.97 Å². The fourth-order valence-electron chi connectivity index (χ4n) is 2.90. The first-order chi connectivity index (χ1) is 9.42. The van der Waals surface area contributed by atoms with Crippen molar-refractivity contribution in [1.82, 2.24) is 9.80 Å². The standard InChI is InChI=1S/C15H28N2O3/c1-4-17(5-2)13(18)8-6-10-16-11-7-9-15(3,12-16)14(19)20/h4-12H2,1-3H3,(H,19,20). The minimum absolute atomic E-state index is 0.202. The molecule has 1 atom stereocenters. The molecule has 0 aromatic heterocycles. The largest absolute Gasteiger partial charge is 0.481 e. The lowest BCUT2D eigenvalue weighted by atomic mass is 9.82. The maximum absolute atomic E-state index is 11.9. The van der Waals surface area contributed by atoms with Gasteiger partial charge in [0.15, 0.2) is 0 Å². The highest BCUT2D eigenvalue weighted by atomic mass is 16.4. The van der Waals surface area contributed by atoms with Gasteiger partial charge in [-0.05, 0) is 53.1 Å². The van der Waals surface area contributed by atoms with Gasteiger partial charge in [0.1, 0.15) is 0 Å². The van der Waals surface area contributed by atoms with E-state index >= 15 is 0 Å². The predicted molar refractivity (Wildman–Crippen MR) is 78.6 cm³/mol. The van der Waals surface area contributed by atoms with Gasteiger partial charge in [-0.2, -0.15) is 0 Å². The Labute approximate surface area is 121 Å². The third kappa shape index (κ3) is 4.47. The Morgan fingerprint density at radius 1 is 1.30 bits per heavy atom. The average molecular weight is 284 g/mol. The van der Waals surface area contributed by atoms with Crippen molar-refractivity contribution in [2.45, 2.75) is 46.5 Å². The summed E-state index contributed by atoms with van der Waals surface area (Å²) < 4.78 is 0. The number of amides is 1. The Hall–Kier alpha value is -1.10. The minimum atomic E-state index is -0.707. The Kier molecular flexibility index (Phi) is 6.46. The molecule has 1 amide bonds. The molecule has 1 unspecified atom stereocenters. The van der Waals surface area contributed by atoms with Gasteiger partial charge in [-0.1, -0.05) is 0 Å². The van der Waals surface area contributed by atoms with Crippen molar-refractivity contribution in [3.05, 3.63) is 0 Å². The minimum Gasteiger partial charge on any atom is -0.481 e. The molecule has 1 heterocycles. The van der Waals surface area contributed by atoms with Crippen molar-refractivity contribution in [2.75, 3.05) is 32.7 Å². The van der Waals surface area contributed by atoms with Crippen molar-refractivity contribution in [3.8, 4) is 0 Å². The molecule has 1 aliphatic rings. The van der Waals surface area contributed by atoms with E-state index < -0.39 is 11.4 Å². The van der Waals surface area contributed by atoms with Crippen molar-refractivity contribution in [1.29, 1.82) is 0 Å². The van der Waals surface area contributed by atoms with Crippen LogP contribution in [0.4, 0.5) is 0 Å². The van der Waals surface area contributed by atoms with Gasteiger partial charge in [-0.15, -0.1) is 0 Å². The number of rotatable bonds is 7. The molecular weight excluding hydrogens is 256 g/mol. The smallest absolute Gasteiger partial charge is 0.310 e. The summed E-state index contributed by atoms with van der Waals surface area (Å²) in [7, 11) is 0. The molecule has 0 aliphatic carbocycles. The van der Waals surface area contributed by atoms with Crippen LogP contribution in [0.15, 0.2) is 0 Å². The molecular formula is C15H28N2O3. The summed E-state index contributed by atoms with van der Waals surface area (Å²) in [6.45, 7) is 9.68. The molecule has 5 nitrogen and oxygen atoms in total. The Morgan fingerprint density at radius 2 is 1.95 bits per heavy atom. The van der Waals surface area contributed by atoms with E-state index in [2.05, 4.69) is 4.90 Å². The molecule has 1 N–H and O–H groups in total. The number of piperidine rings is 1. The van der Waals surface area contributed by atoms with Crippen LogP contribution in [0.5, 0.6) is 0 Å². The van der Waals surface area contributed by atoms with Gasteiger partial charge in [0, 0.05) is 26.1 Å². The molecule has 0 bridgehead atoms. The van der Waals surface area contributed by atoms with Crippen molar-refractivity contribution in [3.63, 3.8) is 0 Å². The molecule has 0 aromatic carbocycles. The second-order valence-corrected chi connectivity index (χ2v) is 5.92. The molecule has 5 heteroatoms. The van der Waals surface area contributed by atoms with E-state index in [1.807, 2.05) is 25.7 Å². The first-order valence-electron chi connectivity index (χ1n) is 7.66. The van der Waals surface area contributed by atoms with Crippen LogP contribution in [-0.4, -0.2) is 59.5 Å². The predicted octanol–water partition coefficient (Wildman–Crippen LogP) is 1.82. The van der Waals surface area contributed by atoms with Crippen LogP contribution in [-0.2, 0) is 9.59 Å². The van der Waals surface area contributed by atoms with Gasteiger partial charge in [0.2, 0.25) is 5.91 Å². The second kappa shape index (κ2) is 7.62. The van der Waals surface area contributed by atoms with E-state index in [1.54, 1.807) is 0 Å². The van der Waals surface area contributed by atoms with Crippen LogP contribution >= 0.6 is 0 Å². The molecule has 116 valence electrons. The number of likely N-dealkylation sites (tertiary alicyclic amines) is 1. The molecule has 1 saturated heterocycles. The van der Waals surface area contributed by atoms with Crippen molar-refractivity contribution in [2.24, 2.45) is 5.41 Å². The van der Waals surface area contributed by atoms with E-state index in [1.165, 1.54) is 0 Å². The fourth-order valence-corrected chi connectivity index (χ4v) is 2.90. The Bertz CT molecular complexity index is 342. The van der Waals surface area contributed by atoms with E-state index in [-0.39, 0.29) is 5.91 Å². The third-order valence-electron chi connectivity index (χ3n) is 4.27. The lowest BCUT2D eigenvalue weighted by Crippen LogP contribution is -2.46. The van der Waals surface area contributed by atoms with Crippen LogP contribution in [0.2, 0.25) is 0 Å². The number of carbonyl (C=O) groups excluding carboxylic acids is 1. The van der Waals surface area contributed by atoms with E-state index in [0.717, 1.165) is 45.4 Å². The van der Waals surface area contributed by atoms with Gasteiger partial charge < -0.3 is 14.9 Å². The summed E-state index contributed by atoms with van der Waals surface area (Å²) in [5.74, 6) is -0.505. The highest BCUT2D eigenvalue weighted by Gasteiger charge is 2.37. The summed E-state index contributed by atoms with van der Waals surface area (Å²) in [5.41, 5.74) is -0.624. The van der Waals surface area contributed by atoms with Gasteiger partial charge in [0.25, 0.3) is 0 Å². The van der Waals surface area contributed by atoms with Crippen LogP contribution in [0, 0.1) is 5.41 Å². The Morgan fingerprint density at radius 3 is 2.50 bits per heavy atom. The molecule has 0 aromatic rings. The average Bonchev–Trinajstić information content (AvgIpc) is 2.40. The fraction of sp³-hybridized carbons (Fsp3) is 0.867. The van der Waals surface area contributed by atoms with E-state index in [4.69, 9.17) is 0 Å². The highest BCUT2D eigenvalue weighted by molar-refractivity contribution is 5.76. The number of aliphatic carboxylic acids is 1. The molecule has 1 aliphatic heterocycles. The lowest BCUT2D eigenvalue weighted by molar-refractivity contribution is -0.151. The zero-order valence-corrected chi connectivity index (χ0v) is 13.0. The summed E-state index contributed by atoms with van der Waals surface area (Å²) in [6.07, 6.45) is 3.04. The monoisotopic (exact) mass is 284 g/mol. The second-order valence-electron chi connectivity index (χ2n) is 5.92. The number of carboxylic acid groups (broad SMARTS) is 1. The number of nitrogens with zero attached hydrogens (tertiary/aromatic N) is 2. The third-order valence-corrected chi connectivity index (χ3v) is 4.27. The number of hydrogen-bond donors (Lipinski definition) is 1. The molecule has 1 rings (SSSR count). The number of hydrogen-bond acceptors (Lipinski definition) is 3. The van der Waals surface area contributed by atoms with Gasteiger partial charge in [0.05, 0.1) is 5.41 Å². The summed E-state index contributed by atoms with van der Waals surface area (Å²) in [5, 5.41) is 9.28. The number of carbonyl (C=O) groups is 2. The van der Waals surface area contributed by atoms with Crippen LogP contribution < -0.4 is 0 Å². The molecule has 1 fully saturated rings. The van der Waals surface area contributed by atoms with Crippen LogP contribution in [0.1, 0.15) is 46.5 Å². The molecule has 0 radical (unpaired) electrons. The van der Waals surface area contributed by atoms with Crippen LogP contribution in [0.3, 0.4) is 0 Å². The SMILES string of the molecule is CCN(CC)C(=O)CCCN1CCCC(C)(C(=O)O)C1. The summed E-state index contributed by atoms with van der Waals surface area (Å²) >= 11 is 0. The van der Waals surface area contributed by atoms with Crippen molar-refractivity contribution < 1.29 is 14.7 Å². The zero-order valence-electron chi connectivity index (χ0n) is 13.0.